The predicted octanol–water partition coefficient (Wildman–Crippen LogP) is 3.78. The minimum absolute atomic E-state index is 0.0579. The lowest BCUT2D eigenvalue weighted by Crippen LogP contribution is -2.43. The second-order valence-corrected chi connectivity index (χ2v) is 6.58. The van der Waals surface area contributed by atoms with Gasteiger partial charge in [0.15, 0.2) is 0 Å². The molecule has 7 nitrogen and oxygen atoms in total. The monoisotopic (exact) mass is 404 g/mol. The van der Waals surface area contributed by atoms with E-state index in [9.17, 15) is 19.7 Å². The number of hydrogen-bond donors (Lipinski definition) is 1. The van der Waals surface area contributed by atoms with Crippen LogP contribution in [0.2, 0.25) is 0 Å². The summed E-state index contributed by atoms with van der Waals surface area (Å²) in [5.74, 6) is -1.15. The first kappa shape index (κ1) is 20.7. The molecule has 0 fully saturated rings. The second-order valence-electron chi connectivity index (χ2n) is 6.58. The van der Waals surface area contributed by atoms with Crippen molar-refractivity contribution in [1.82, 2.24) is 5.32 Å². The predicted molar refractivity (Wildman–Crippen MR) is 112 cm³/mol. The fourth-order valence-corrected chi connectivity index (χ4v) is 3.10. The zero-order chi connectivity index (χ0) is 21.5. The van der Waals surface area contributed by atoms with Crippen molar-refractivity contribution in [2.75, 3.05) is 7.11 Å². The van der Waals surface area contributed by atoms with Gasteiger partial charge in [0, 0.05) is 23.6 Å². The SMILES string of the molecule is COC(=O)[C@H](Cc1ccccc1[N+](=O)[O-])NC(=O)c1ccc(-c2ccccc2)cc1. The van der Waals surface area contributed by atoms with E-state index in [0.717, 1.165) is 11.1 Å². The Morgan fingerprint density at radius 2 is 1.53 bits per heavy atom. The largest absolute Gasteiger partial charge is 0.467 e. The van der Waals surface area contributed by atoms with Crippen LogP contribution in [0.4, 0.5) is 5.69 Å². The maximum Gasteiger partial charge on any atom is 0.328 e. The van der Waals surface area contributed by atoms with E-state index in [1.54, 1.807) is 30.3 Å². The molecule has 0 heterocycles. The van der Waals surface area contributed by atoms with Gasteiger partial charge in [-0.15, -0.1) is 0 Å². The van der Waals surface area contributed by atoms with E-state index in [-0.39, 0.29) is 12.1 Å². The highest BCUT2D eigenvalue weighted by Gasteiger charge is 2.26. The van der Waals surface area contributed by atoms with Crippen LogP contribution in [0, 0.1) is 10.1 Å². The minimum atomic E-state index is -1.06. The summed E-state index contributed by atoms with van der Waals surface area (Å²) < 4.78 is 4.78. The summed E-state index contributed by atoms with van der Waals surface area (Å²) in [7, 11) is 1.20. The summed E-state index contributed by atoms with van der Waals surface area (Å²) in [6.45, 7) is 0. The second kappa shape index (κ2) is 9.47. The molecule has 7 heteroatoms. The molecule has 0 saturated heterocycles. The molecule has 1 N–H and O–H groups in total. The van der Waals surface area contributed by atoms with Crippen LogP contribution in [0.1, 0.15) is 15.9 Å². The Morgan fingerprint density at radius 1 is 0.933 bits per heavy atom. The molecule has 0 aliphatic heterocycles. The van der Waals surface area contributed by atoms with Gasteiger partial charge in [0.1, 0.15) is 6.04 Å². The number of nitrogens with zero attached hydrogens (tertiary/aromatic N) is 1. The smallest absolute Gasteiger partial charge is 0.328 e. The lowest BCUT2D eigenvalue weighted by Gasteiger charge is -2.17. The van der Waals surface area contributed by atoms with Gasteiger partial charge >= 0.3 is 5.97 Å². The van der Waals surface area contributed by atoms with E-state index in [4.69, 9.17) is 4.74 Å². The maximum atomic E-state index is 12.7. The van der Waals surface area contributed by atoms with Crippen molar-refractivity contribution < 1.29 is 19.2 Å². The van der Waals surface area contributed by atoms with E-state index in [1.165, 1.54) is 13.2 Å². The maximum absolute atomic E-state index is 12.7. The Hall–Kier alpha value is -4.00. The number of carbonyl (C=O) groups is 2. The number of benzene rings is 3. The molecule has 3 rings (SSSR count). The zero-order valence-electron chi connectivity index (χ0n) is 16.3. The van der Waals surface area contributed by atoms with Crippen LogP contribution in [-0.4, -0.2) is 30.0 Å². The van der Waals surface area contributed by atoms with Crippen LogP contribution < -0.4 is 5.32 Å². The molecule has 0 saturated carbocycles. The third-order valence-electron chi connectivity index (χ3n) is 4.66. The van der Waals surface area contributed by atoms with Gasteiger partial charge in [0.25, 0.3) is 11.6 Å². The topological polar surface area (TPSA) is 98.5 Å². The highest BCUT2D eigenvalue weighted by atomic mass is 16.6. The van der Waals surface area contributed by atoms with Crippen molar-refractivity contribution in [2.45, 2.75) is 12.5 Å². The van der Waals surface area contributed by atoms with Gasteiger partial charge in [-0.05, 0) is 23.3 Å². The number of nitro benzene ring substituents is 1. The van der Waals surface area contributed by atoms with Crippen molar-refractivity contribution >= 4 is 17.6 Å². The molecule has 0 radical (unpaired) electrons. The Morgan fingerprint density at radius 3 is 2.17 bits per heavy atom. The van der Waals surface area contributed by atoms with Crippen molar-refractivity contribution in [3.05, 3.63) is 100 Å². The van der Waals surface area contributed by atoms with Gasteiger partial charge in [-0.2, -0.15) is 0 Å². The number of nitro groups is 1. The van der Waals surface area contributed by atoms with Crippen molar-refractivity contribution in [2.24, 2.45) is 0 Å². The molecule has 0 bridgehead atoms. The highest BCUT2D eigenvalue weighted by molar-refractivity contribution is 5.97. The summed E-state index contributed by atoms with van der Waals surface area (Å²) in [4.78, 5) is 35.6. The third kappa shape index (κ3) is 4.88. The van der Waals surface area contributed by atoms with Crippen LogP contribution in [0.5, 0.6) is 0 Å². The van der Waals surface area contributed by atoms with E-state index in [1.807, 2.05) is 42.5 Å². The van der Waals surface area contributed by atoms with Crippen LogP contribution >= 0.6 is 0 Å². The molecule has 0 aliphatic carbocycles. The molecule has 3 aromatic rings. The fourth-order valence-electron chi connectivity index (χ4n) is 3.10. The molecule has 30 heavy (non-hydrogen) atoms. The summed E-state index contributed by atoms with van der Waals surface area (Å²) in [5, 5.41) is 13.9. The first-order valence-corrected chi connectivity index (χ1v) is 9.26. The number of amides is 1. The third-order valence-corrected chi connectivity index (χ3v) is 4.66. The number of hydrogen-bond acceptors (Lipinski definition) is 5. The Bertz CT molecular complexity index is 1050. The Labute approximate surface area is 173 Å². The van der Waals surface area contributed by atoms with Gasteiger partial charge in [-0.1, -0.05) is 60.7 Å². The molecule has 152 valence electrons. The average Bonchev–Trinajstić information content (AvgIpc) is 2.79. The number of para-hydroxylation sites is 1. The summed E-state index contributed by atoms with van der Waals surface area (Å²) >= 11 is 0. The van der Waals surface area contributed by atoms with Crippen LogP contribution in [0.25, 0.3) is 11.1 Å². The van der Waals surface area contributed by atoms with Gasteiger partial charge in [0.2, 0.25) is 0 Å². The molecule has 1 atom stereocenters. The molecular weight excluding hydrogens is 384 g/mol. The Kier molecular flexibility index (Phi) is 6.54. The number of nitrogens with one attached hydrogen (secondary N) is 1. The standard InChI is InChI=1S/C23H20N2O5/c1-30-23(27)20(15-19-9-5-6-10-21(19)25(28)29)24-22(26)18-13-11-17(12-14-18)16-7-3-2-4-8-16/h2-14,20H,15H2,1H3,(H,24,26)/t20-/m0/s1. The molecule has 3 aromatic carbocycles. The minimum Gasteiger partial charge on any atom is -0.467 e. The molecular formula is C23H20N2O5. The van der Waals surface area contributed by atoms with Crippen molar-refractivity contribution in [3.8, 4) is 11.1 Å². The lowest BCUT2D eigenvalue weighted by molar-refractivity contribution is -0.385. The van der Waals surface area contributed by atoms with Crippen LogP contribution in [0.3, 0.4) is 0 Å². The lowest BCUT2D eigenvalue weighted by atomic mass is 10.0. The van der Waals surface area contributed by atoms with Crippen LogP contribution in [-0.2, 0) is 16.0 Å². The van der Waals surface area contributed by atoms with E-state index < -0.39 is 22.8 Å². The fraction of sp³-hybridized carbons (Fsp3) is 0.130. The molecule has 0 spiro atoms. The molecule has 0 aliphatic rings. The number of esters is 1. The molecule has 0 aromatic heterocycles. The van der Waals surface area contributed by atoms with E-state index >= 15 is 0 Å². The van der Waals surface area contributed by atoms with Gasteiger partial charge in [0.05, 0.1) is 12.0 Å². The highest BCUT2D eigenvalue weighted by Crippen LogP contribution is 2.21. The average molecular weight is 404 g/mol. The van der Waals surface area contributed by atoms with Crippen molar-refractivity contribution in [1.29, 1.82) is 0 Å². The number of methoxy groups -OCH3 is 1. The summed E-state index contributed by atoms with van der Waals surface area (Å²) in [6, 6.07) is 21.7. The molecule has 0 unspecified atom stereocenters. The van der Waals surface area contributed by atoms with Crippen molar-refractivity contribution in [3.63, 3.8) is 0 Å². The van der Waals surface area contributed by atoms with E-state index in [0.29, 0.717) is 11.1 Å². The number of rotatable bonds is 7. The van der Waals surface area contributed by atoms with Crippen LogP contribution in [0.15, 0.2) is 78.9 Å². The molecule has 1 amide bonds. The normalized spacial score (nSPS) is 11.4. The number of carbonyl (C=O) groups excluding carboxylic acids is 2. The van der Waals surface area contributed by atoms with E-state index in [2.05, 4.69) is 5.32 Å². The summed E-state index contributed by atoms with van der Waals surface area (Å²) in [6.07, 6.45) is -0.0579. The van der Waals surface area contributed by atoms with Gasteiger partial charge < -0.3 is 10.1 Å². The first-order chi connectivity index (χ1) is 14.5. The number of ether oxygens (including phenoxy) is 1. The van der Waals surface area contributed by atoms with Gasteiger partial charge in [-0.25, -0.2) is 4.79 Å². The quantitative estimate of drug-likeness (QED) is 0.367. The van der Waals surface area contributed by atoms with Gasteiger partial charge in [-0.3, -0.25) is 14.9 Å². The summed E-state index contributed by atoms with van der Waals surface area (Å²) in [5.41, 5.74) is 2.56. The zero-order valence-corrected chi connectivity index (χ0v) is 16.3. The first-order valence-electron chi connectivity index (χ1n) is 9.26. The Balaban J connectivity index is 1.78.